The minimum atomic E-state index is 0.867. The topological polar surface area (TPSA) is 46.2 Å². The first kappa shape index (κ1) is 13.2. The highest BCUT2D eigenvalue weighted by Gasteiger charge is 1.98. The molecule has 0 spiro atoms. The number of anilines is 2. The molecule has 0 aliphatic rings. The summed E-state index contributed by atoms with van der Waals surface area (Å²) in [6.07, 6.45) is 2.74. The molecule has 2 rings (SSSR count). The zero-order valence-corrected chi connectivity index (χ0v) is 11.3. The molecule has 4 heteroatoms. The number of rotatable bonds is 6. The van der Waals surface area contributed by atoms with E-state index >= 15 is 0 Å². The molecule has 1 heterocycles. The molecular weight excluding hydrogens is 238 g/mol. The van der Waals surface area contributed by atoms with Crippen molar-refractivity contribution < 1.29 is 4.74 Å². The van der Waals surface area contributed by atoms with Gasteiger partial charge in [-0.15, -0.1) is 0 Å². The maximum absolute atomic E-state index is 5.21. The molecule has 0 unspecified atom stereocenters. The van der Waals surface area contributed by atoms with Crippen LogP contribution in [0.15, 0.2) is 42.6 Å². The molecule has 0 saturated heterocycles. The van der Waals surface area contributed by atoms with Crippen LogP contribution in [0.3, 0.4) is 0 Å². The molecule has 0 bridgehead atoms. The Balaban J connectivity index is 1.88. The largest absolute Gasteiger partial charge is 0.497 e. The Hall–Kier alpha value is -2.23. The first-order valence-corrected chi connectivity index (χ1v) is 6.32. The van der Waals surface area contributed by atoms with Gasteiger partial charge >= 0.3 is 0 Å². The van der Waals surface area contributed by atoms with Crippen LogP contribution in [0, 0.1) is 0 Å². The summed E-state index contributed by atoms with van der Waals surface area (Å²) in [6, 6.07) is 12.1. The fraction of sp³-hybridized carbons (Fsp3) is 0.267. The second-order valence-electron chi connectivity index (χ2n) is 4.21. The van der Waals surface area contributed by atoms with Gasteiger partial charge in [0.1, 0.15) is 11.6 Å². The van der Waals surface area contributed by atoms with E-state index in [2.05, 4.69) is 27.8 Å². The number of benzene rings is 1. The van der Waals surface area contributed by atoms with Crippen LogP contribution in [0.25, 0.3) is 0 Å². The van der Waals surface area contributed by atoms with Gasteiger partial charge in [-0.05, 0) is 30.2 Å². The van der Waals surface area contributed by atoms with E-state index in [-0.39, 0.29) is 0 Å². The Kier molecular flexibility index (Phi) is 4.61. The summed E-state index contributed by atoms with van der Waals surface area (Å²) < 4.78 is 5.21. The number of hydrogen-bond acceptors (Lipinski definition) is 4. The van der Waals surface area contributed by atoms with E-state index in [1.165, 1.54) is 5.56 Å². The van der Waals surface area contributed by atoms with Crippen molar-refractivity contribution in [3.05, 3.63) is 48.2 Å². The first-order chi connectivity index (χ1) is 9.31. The quantitative estimate of drug-likeness (QED) is 0.835. The lowest BCUT2D eigenvalue weighted by molar-refractivity contribution is 0.414. The van der Waals surface area contributed by atoms with Crippen molar-refractivity contribution in [2.45, 2.75) is 6.42 Å². The standard InChI is InChI=1S/C15H19N3O/c1-16-15-11-13(7-9-18-15)17-8-6-12-4-3-5-14(10-12)19-2/h3-5,7,9-11H,6,8H2,1-2H3,(H2,16,17,18). The predicted molar refractivity (Wildman–Crippen MR) is 79.0 cm³/mol. The van der Waals surface area contributed by atoms with E-state index in [4.69, 9.17) is 4.74 Å². The Morgan fingerprint density at radius 2 is 2.11 bits per heavy atom. The van der Waals surface area contributed by atoms with Crippen LogP contribution in [-0.4, -0.2) is 25.7 Å². The van der Waals surface area contributed by atoms with Crippen molar-refractivity contribution >= 4 is 11.5 Å². The van der Waals surface area contributed by atoms with Crippen LogP contribution in [-0.2, 0) is 6.42 Å². The summed E-state index contributed by atoms with van der Waals surface area (Å²) in [5.41, 5.74) is 2.33. The molecule has 19 heavy (non-hydrogen) atoms. The van der Waals surface area contributed by atoms with Crippen molar-refractivity contribution in [3.63, 3.8) is 0 Å². The normalized spacial score (nSPS) is 10.0. The molecule has 0 saturated carbocycles. The third-order valence-electron chi connectivity index (χ3n) is 2.89. The van der Waals surface area contributed by atoms with E-state index in [0.29, 0.717) is 0 Å². The van der Waals surface area contributed by atoms with E-state index < -0.39 is 0 Å². The zero-order valence-electron chi connectivity index (χ0n) is 11.3. The molecule has 1 aromatic carbocycles. The van der Waals surface area contributed by atoms with Crippen molar-refractivity contribution in [2.75, 3.05) is 31.3 Å². The van der Waals surface area contributed by atoms with Crippen LogP contribution in [0.2, 0.25) is 0 Å². The third-order valence-corrected chi connectivity index (χ3v) is 2.89. The molecule has 100 valence electrons. The summed E-state index contributed by atoms with van der Waals surface area (Å²) >= 11 is 0. The van der Waals surface area contributed by atoms with Crippen LogP contribution in [0.1, 0.15) is 5.56 Å². The van der Waals surface area contributed by atoms with Gasteiger partial charge in [0.2, 0.25) is 0 Å². The first-order valence-electron chi connectivity index (χ1n) is 6.32. The minimum Gasteiger partial charge on any atom is -0.497 e. The van der Waals surface area contributed by atoms with Crippen LogP contribution in [0.4, 0.5) is 11.5 Å². The lowest BCUT2D eigenvalue weighted by atomic mass is 10.1. The molecule has 0 radical (unpaired) electrons. The number of ether oxygens (including phenoxy) is 1. The van der Waals surface area contributed by atoms with Gasteiger partial charge in [0.15, 0.2) is 0 Å². The Bertz CT molecular complexity index is 481. The Morgan fingerprint density at radius 1 is 1.21 bits per heavy atom. The highest BCUT2D eigenvalue weighted by atomic mass is 16.5. The van der Waals surface area contributed by atoms with Crippen molar-refractivity contribution in [1.29, 1.82) is 0 Å². The summed E-state index contributed by atoms with van der Waals surface area (Å²) in [6.45, 7) is 0.875. The highest BCUT2D eigenvalue weighted by molar-refractivity contribution is 5.51. The minimum absolute atomic E-state index is 0.867. The molecule has 0 aliphatic heterocycles. The molecule has 0 aliphatic carbocycles. The predicted octanol–water partition coefficient (Wildman–Crippen LogP) is 2.79. The smallest absolute Gasteiger partial charge is 0.127 e. The highest BCUT2D eigenvalue weighted by Crippen LogP contribution is 2.14. The van der Waals surface area contributed by atoms with Crippen molar-refractivity contribution in [2.24, 2.45) is 0 Å². The van der Waals surface area contributed by atoms with Gasteiger partial charge in [0, 0.05) is 31.5 Å². The fourth-order valence-corrected chi connectivity index (χ4v) is 1.86. The van der Waals surface area contributed by atoms with Crippen LogP contribution < -0.4 is 15.4 Å². The molecule has 2 N–H and O–H groups in total. The fourth-order valence-electron chi connectivity index (χ4n) is 1.86. The summed E-state index contributed by atoms with van der Waals surface area (Å²) in [7, 11) is 3.55. The number of nitrogens with zero attached hydrogens (tertiary/aromatic N) is 1. The molecule has 1 aromatic heterocycles. The molecule has 0 fully saturated rings. The SMILES string of the molecule is CNc1cc(NCCc2cccc(OC)c2)ccn1. The zero-order chi connectivity index (χ0) is 13.5. The molecule has 0 amide bonds. The number of nitrogens with one attached hydrogen (secondary N) is 2. The van der Waals surface area contributed by atoms with Crippen molar-refractivity contribution in [3.8, 4) is 5.75 Å². The number of methoxy groups -OCH3 is 1. The third kappa shape index (κ3) is 3.88. The van der Waals surface area contributed by atoms with E-state index in [9.17, 15) is 0 Å². The second-order valence-corrected chi connectivity index (χ2v) is 4.21. The van der Waals surface area contributed by atoms with Crippen LogP contribution >= 0.6 is 0 Å². The Morgan fingerprint density at radius 3 is 2.89 bits per heavy atom. The van der Waals surface area contributed by atoms with Gasteiger partial charge in [-0.25, -0.2) is 4.98 Å². The molecule has 4 nitrogen and oxygen atoms in total. The summed E-state index contributed by atoms with van der Waals surface area (Å²) in [4.78, 5) is 4.18. The number of pyridine rings is 1. The maximum atomic E-state index is 5.21. The van der Waals surface area contributed by atoms with E-state index in [1.807, 2.05) is 31.3 Å². The molecular formula is C15H19N3O. The van der Waals surface area contributed by atoms with E-state index in [1.54, 1.807) is 13.3 Å². The average molecular weight is 257 g/mol. The van der Waals surface area contributed by atoms with Gasteiger partial charge in [0.05, 0.1) is 7.11 Å². The maximum Gasteiger partial charge on any atom is 0.127 e. The lowest BCUT2D eigenvalue weighted by Crippen LogP contribution is -2.05. The summed E-state index contributed by atoms with van der Waals surface area (Å²) in [5.74, 6) is 1.77. The lowest BCUT2D eigenvalue weighted by Gasteiger charge is -2.08. The molecule has 0 atom stereocenters. The molecule has 2 aromatic rings. The number of aromatic nitrogens is 1. The van der Waals surface area contributed by atoms with Gasteiger partial charge in [-0.3, -0.25) is 0 Å². The number of hydrogen-bond donors (Lipinski definition) is 2. The van der Waals surface area contributed by atoms with Gasteiger partial charge in [-0.1, -0.05) is 12.1 Å². The van der Waals surface area contributed by atoms with Gasteiger partial charge < -0.3 is 15.4 Å². The second kappa shape index (κ2) is 6.64. The monoisotopic (exact) mass is 257 g/mol. The average Bonchev–Trinajstić information content (AvgIpc) is 2.48. The van der Waals surface area contributed by atoms with E-state index in [0.717, 1.165) is 30.2 Å². The van der Waals surface area contributed by atoms with Crippen molar-refractivity contribution in [1.82, 2.24) is 4.98 Å². The summed E-state index contributed by atoms with van der Waals surface area (Å²) in [5, 5.41) is 6.41. The van der Waals surface area contributed by atoms with Crippen LogP contribution in [0.5, 0.6) is 5.75 Å². The Labute approximate surface area is 113 Å². The van der Waals surface area contributed by atoms with Gasteiger partial charge in [0.25, 0.3) is 0 Å². The van der Waals surface area contributed by atoms with Gasteiger partial charge in [-0.2, -0.15) is 0 Å².